The molecule has 110 valence electrons. The maximum atomic E-state index is 12.4. The normalized spacial score (nSPS) is 29.3. The molecule has 2 aliphatic rings. The van der Waals surface area contributed by atoms with Gasteiger partial charge < -0.3 is 4.90 Å². The topological polar surface area (TPSA) is 23.6 Å². The van der Waals surface area contributed by atoms with Crippen molar-refractivity contribution in [2.24, 2.45) is 11.8 Å². The van der Waals surface area contributed by atoms with Crippen LogP contribution in [0.15, 0.2) is 0 Å². The minimum atomic E-state index is 0.301. The monoisotopic (exact) mass is 266 g/mol. The van der Waals surface area contributed by atoms with Crippen molar-refractivity contribution in [1.82, 2.24) is 9.80 Å². The van der Waals surface area contributed by atoms with E-state index >= 15 is 0 Å². The highest BCUT2D eigenvalue weighted by Crippen LogP contribution is 2.34. The summed E-state index contributed by atoms with van der Waals surface area (Å²) < 4.78 is 0. The van der Waals surface area contributed by atoms with E-state index in [-0.39, 0.29) is 0 Å². The van der Waals surface area contributed by atoms with E-state index < -0.39 is 0 Å². The number of amides is 1. The van der Waals surface area contributed by atoms with E-state index in [0.717, 1.165) is 11.8 Å². The maximum absolute atomic E-state index is 12.4. The molecule has 0 heterocycles. The summed E-state index contributed by atoms with van der Waals surface area (Å²) in [7, 11) is 4.09. The lowest BCUT2D eigenvalue weighted by Gasteiger charge is -2.35. The van der Waals surface area contributed by atoms with Gasteiger partial charge in [0.25, 0.3) is 0 Å². The highest BCUT2D eigenvalue weighted by Gasteiger charge is 2.32. The molecule has 1 unspecified atom stereocenters. The lowest BCUT2D eigenvalue weighted by molar-refractivity contribution is -0.134. The van der Waals surface area contributed by atoms with Crippen LogP contribution >= 0.6 is 0 Å². The van der Waals surface area contributed by atoms with E-state index in [9.17, 15) is 4.79 Å². The van der Waals surface area contributed by atoms with Crippen molar-refractivity contribution >= 4 is 5.91 Å². The molecule has 1 atom stereocenters. The second-order valence-corrected chi connectivity index (χ2v) is 6.91. The standard InChI is InChI=1S/C16H30N2O/c1-12-5-9-15(10-6-12)18(4)16(19)11-17(3)13(2)14-7-8-14/h12-15H,5-11H2,1-4H3. The molecule has 0 aromatic rings. The Hall–Kier alpha value is -0.570. The molecule has 0 spiro atoms. The Morgan fingerprint density at radius 3 is 2.21 bits per heavy atom. The third kappa shape index (κ3) is 3.95. The number of likely N-dealkylation sites (N-methyl/N-ethyl adjacent to an activating group) is 2. The summed E-state index contributed by atoms with van der Waals surface area (Å²) in [5, 5.41) is 0. The van der Waals surface area contributed by atoms with Crippen molar-refractivity contribution in [1.29, 1.82) is 0 Å². The third-order valence-electron chi connectivity index (χ3n) is 5.31. The lowest BCUT2D eigenvalue weighted by atomic mass is 9.87. The zero-order valence-electron chi connectivity index (χ0n) is 13.1. The predicted octanol–water partition coefficient (Wildman–Crippen LogP) is 2.75. The molecule has 3 nitrogen and oxygen atoms in total. The first kappa shape index (κ1) is 14.8. The molecule has 0 aliphatic heterocycles. The second kappa shape index (κ2) is 6.25. The van der Waals surface area contributed by atoms with Crippen LogP contribution in [-0.2, 0) is 4.79 Å². The fourth-order valence-electron chi connectivity index (χ4n) is 3.24. The van der Waals surface area contributed by atoms with Crippen LogP contribution < -0.4 is 0 Å². The van der Waals surface area contributed by atoms with Crippen LogP contribution in [0, 0.1) is 11.8 Å². The molecule has 2 fully saturated rings. The van der Waals surface area contributed by atoms with Gasteiger partial charge in [0.15, 0.2) is 0 Å². The van der Waals surface area contributed by atoms with Crippen molar-refractivity contribution in [2.45, 2.75) is 64.5 Å². The van der Waals surface area contributed by atoms with Gasteiger partial charge in [-0.25, -0.2) is 0 Å². The largest absolute Gasteiger partial charge is 0.342 e. The van der Waals surface area contributed by atoms with E-state index in [2.05, 4.69) is 25.8 Å². The average Bonchev–Trinajstić information content (AvgIpc) is 3.22. The van der Waals surface area contributed by atoms with Gasteiger partial charge in [0.1, 0.15) is 0 Å². The molecule has 19 heavy (non-hydrogen) atoms. The molecule has 3 heteroatoms. The highest BCUT2D eigenvalue weighted by molar-refractivity contribution is 5.78. The Morgan fingerprint density at radius 1 is 1.11 bits per heavy atom. The zero-order valence-corrected chi connectivity index (χ0v) is 13.1. The second-order valence-electron chi connectivity index (χ2n) is 6.91. The fourth-order valence-corrected chi connectivity index (χ4v) is 3.24. The van der Waals surface area contributed by atoms with Crippen LogP contribution in [-0.4, -0.2) is 48.4 Å². The van der Waals surface area contributed by atoms with Crippen molar-refractivity contribution in [3.63, 3.8) is 0 Å². The van der Waals surface area contributed by atoms with Gasteiger partial charge in [0.05, 0.1) is 6.54 Å². The molecule has 2 aliphatic carbocycles. The molecule has 1 amide bonds. The molecule has 2 saturated carbocycles. The summed E-state index contributed by atoms with van der Waals surface area (Å²) >= 11 is 0. The number of nitrogens with zero attached hydrogens (tertiary/aromatic N) is 2. The molecule has 0 aromatic carbocycles. The summed E-state index contributed by atoms with van der Waals surface area (Å²) in [5.74, 6) is 1.98. The maximum Gasteiger partial charge on any atom is 0.236 e. The van der Waals surface area contributed by atoms with Gasteiger partial charge in [-0.05, 0) is 64.3 Å². The highest BCUT2D eigenvalue weighted by atomic mass is 16.2. The predicted molar refractivity (Wildman–Crippen MR) is 79.0 cm³/mol. The van der Waals surface area contributed by atoms with Gasteiger partial charge in [-0.2, -0.15) is 0 Å². The number of carbonyl (C=O) groups is 1. The summed E-state index contributed by atoms with van der Waals surface area (Å²) in [6.45, 7) is 5.16. The molecule has 0 bridgehead atoms. The van der Waals surface area contributed by atoms with Crippen LogP contribution in [0.25, 0.3) is 0 Å². The molecule has 2 rings (SSSR count). The van der Waals surface area contributed by atoms with E-state index in [0.29, 0.717) is 24.5 Å². The first-order chi connectivity index (χ1) is 8.99. The SMILES string of the molecule is CC1CCC(N(C)C(=O)CN(C)C(C)C2CC2)CC1. The molecular weight excluding hydrogens is 236 g/mol. The van der Waals surface area contributed by atoms with Crippen LogP contribution in [0.3, 0.4) is 0 Å². The molecule has 0 aromatic heterocycles. The van der Waals surface area contributed by atoms with Gasteiger partial charge in [0, 0.05) is 19.1 Å². The Morgan fingerprint density at radius 2 is 1.68 bits per heavy atom. The first-order valence-corrected chi connectivity index (χ1v) is 7.95. The fraction of sp³-hybridized carbons (Fsp3) is 0.938. The number of rotatable bonds is 5. The smallest absolute Gasteiger partial charge is 0.236 e. The van der Waals surface area contributed by atoms with Gasteiger partial charge in [-0.3, -0.25) is 9.69 Å². The van der Waals surface area contributed by atoms with E-state index in [1.807, 2.05) is 11.9 Å². The van der Waals surface area contributed by atoms with Gasteiger partial charge in [-0.15, -0.1) is 0 Å². The third-order valence-corrected chi connectivity index (χ3v) is 5.31. The van der Waals surface area contributed by atoms with Crippen molar-refractivity contribution in [2.75, 3.05) is 20.6 Å². The first-order valence-electron chi connectivity index (χ1n) is 7.95. The molecule has 0 saturated heterocycles. The van der Waals surface area contributed by atoms with Crippen molar-refractivity contribution in [3.05, 3.63) is 0 Å². The minimum absolute atomic E-state index is 0.301. The van der Waals surface area contributed by atoms with Crippen LogP contribution in [0.4, 0.5) is 0 Å². The van der Waals surface area contributed by atoms with Crippen molar-refractivity contribution in [3.8, 4) is 0 Å². The lowest BCUT2D eigenvalue weighted by Crippen LogP contribution is -2.45. The Kier molecular flexibility index (Phi) is 4.88. The summed E-state index contributed by atoms with van der Waals surface area (Å²) in [4.78, 5) is 16.6. The van der Waals surface area contributed by atoms with Gasteiger partial charge in [0.2, 0.25) is 5.91 Å². The number of carbonyl (C=O) groups excluding carboxylic acids is 1. The van der Waals surface area contributed by atoms with E-state index in [1.54, 1.807) is 0 Å². The Labute approximate surface area is 118 Å². The van der Waals surface area contributed by atoms with Gasteiger partial charge >= 0.3 is 0 Å². The molecule has 0 N–H and O–H groups in total. The zero-order chi connectivity index (χ0) is 14.0. The van der Waals surface area contributed by atoms with Gasteiger partial charge in [-0.1, -0.05) is 6.92 Å². The molecular formula is C16H30N2O. The van der Waals surface area contributed by atoms with Crippen molar-refractivity contribution < 1.29 is 4.79 Å². The Balaban J connectivity index is 1.78. The average molecular weight is 266 g/mol. The van der Waals surface area contributed by atoms with Crippen LogP contribution in [0.2, 0.25) is 0 Å². The van der Waals surface area contributed by atoms with Crippen LogP contribution in [0.5, 0.6) is 0 Å². The number of hydrogen-bond acceptors (Lipinski definition) is 2. The van der Waals surface area contributed by atoms with E-state index in [4.69, 9.17) is 0 Å². The quantitative estimate of drug-likeness (QED) is 0.764. The Bertz CT molecular complexity index is 306. The van der Waals surface area contributed by atoms with Crippen LogP contribution in [0.1, 0.15) is 52.4 Å². The minimum Gasteiger partial charge on any atom is -0.342 e. The molecule has 0 radical (unpaired) electrons. The summed E-state index contributed by atoms with van der Waals surface area (Å²) in [5.41, 5.74) is 0. The summed E-state index contributed by atoms with van der Waals surface area (Å²) in [6, 6.07) is 1.04. The van der Waals surface area contributed by atoms with E-state index in [1.165, 1.54) is 38.5 Å². The summed E-state index contributed by atoms with van der Waals surface area (Å²) in [6.07, 6.45) is 7.61. The number of hydrogen-bond donors (Lipinski definition) is 0.